The van der Waals surface area contributed by atoms with Gasteiger partial charge in [0.1, 0.15) is 0 Å². The van der Waals surface area contributed by atoms with Crippen molar-refractivity contribution in [3.05, 3.63) is 22.5 Å². The van der Waals surface area contributed by atoms with Crippen molar-refractivity contribution >= 4 is 16.3 Å². The summed E-state index contributed by atoms with van der Waals surface area (Å²) in [6, 6.07) is 0. The van der Waals surface area contributed by atoms with Crippen molar-refractivity contribution in [3.8, 4) is 0 Å². The number of aromatic nitrogens is 2. The van der Waals surface area contributed by atoms with Gasteiger partial charge in [-0.1, -0.05) is 13.3 Å². The van der Waals surface area contributed by atoms with Crippen LogP contribution in [0.2, 0.25) is 0 Å². The fraction of sp³-hybridized carbons (Fsp3) is 0.643. The normalized spacial score (nSPS) is 11.8. The van der Waals surface area contributed by atoms with E-state index in [1.165, 1.54) is 23.4 Å². The van der Waals surface area contributed by atoms with Gasteiger partial charge in [-0.25, -0.2) is 4.98 Å². The summed E-state index contributed by atoms with van der Waals surface area (Å²) in [6.45, 7) is 9.23. The molecule has 2 rings (SSSR count). The molecule has 2 heterocycles. The highest BCUT2D eigenvalue weighted by Crippen LogP contribution is 2.21. The molecule has 2 aromatic rings. The molecular formula is C14H23N3OS. The number of hydrogen-bond acceptors (Lipinski definition) is 4. The molecule has 0 fully saturated rings. The number of hydrogen-bond donors (Lipinski definition) is 1. The Labute approximate surface area is 118 Å². The average molecular weight is 281 g/mol. The maximum atomic E-state index is 9.19. The van der Waals surface area contributed by atoms with Crippen molar-refractivity contribution in [2.24, 2.45) is 0 Å². The van der Waals surface area contributed by atoms with Gasteiger partial charge in [-0.2, -0.15) is 0 Å². The average Bonchev–Trinajstić information content (AvgIpc) is 2.84. The molecule has 0 aromatic carbocycles. The van der Waals surface area contributed by atoms with E-state index >= 15 is 0 Å². The number of nitrogens with zero attached hydrogens (tertiary/aromatic N) is 3. The molecule has 0 bridgehead atoms. The fourth-order valence-electron chi connectivity index (χ4n) is 2.30. The van der Waals surface area contributed by atoms with Crippen LogP contribution in [0.25, 0.3) is 4.96 Å². The second-order valence-electron chi connectivity index (χ2n) is 4.99. The van der Waals surface area contributed by atoms with Crippen LogP contribution in [0.1, 0.15) is 36.0 Å². The van der Waals surface area contributed by atoms with Crippen molar-refractivity contribution in [1.29, 1.82) is 0 Å². The van der Waals surface area contributed by atoms with Crippen molar-refractivity contribution in [1.82, 2.24) is 14.3 Å². The van der Waals surface area contributed by atoms with E-state index in [0.717, 1.165) is 30.3 Å². The van der Waals surface area contributed by atoms with Gasteiger partial charge in [0.25, 0.3) is 0 Å². The highest BCUT2D eigenvalue weighted by molar-refractivity contribution is 7.17. The molecule has 0 aliphatic carbocycles. The zero-order chi connectivity index (χ0) is 13.8. The number of unbranched alkanes of at least 4 members (excludes halogenated alkanes) is 1. The van der Waals surface area contributed by atoms with E-state index in [2.05, 4.69) is 41.3 Å². The highest BCUT2D eigenvalue weighted by atomic mass is 32.1. The molecule has 0 saturated heterocycles. The Hall–Kier alpha value is -0.910. The highest BCUT2D eigenvalue weighted by Gasteiger charge is 2.14. The summed E-state index contributed by atoms with van der Waals surface area (Å²) in [7, 11) is 0. The van der Waals surface area contributed by atoms with E-state index in [9.17, 15) is 5.11 Å². The molecule has 5 heteroatoms. The van der Waals surface area contributed by atoms with Crippen LogP contribution in [0.3, 0.4) is 0 Å². The molecule has 0 radical (unpaired) electrons. The third-order valence-corrected chi connectivity index (χ3v) is 4.26. The Balaban J connectivity index is 2.19. The molecule has 2 aromatic heterocycles. The summed E-state index contributed by atoms with van der Waals surface area (Å²) in [5.41, 5.74) is 2.36. The summed E-state index contributed by atoms with van der Waals surface area (Å²) in [6.07, 6.45) is 4.51. The minimum absolute atomic E-state index is 0.216. The third-order valence-electron chi connectivity index (χ3n) is 3.36. The maximum Gasteiger partial charge on any atom is 0.194 e. The molecule has 0 unspecified atom stereocenters. The van der Waals surface area contributed by atoms with E-state index in [0.29, 0.717) is 0 Å². The van der Waals surface area contributed by atoms with Gasteiger partial charge in [0.05, 0.1) is 18.0 Å². The predicted molar refractivity (Wildman–Crippen MR) is 79.8 cm³/mol. The molecule has 0 aliphatic heterocycles. The minimum Gasteiger partial charge on any atom is -0.395 e. The first-order chi connectivity index (χ1) is 9.15. The molecule has 0 spiro atoms. The monoisotopic (exact) mass is 281 g/mol. The Kier molecular flexibility index (Phi) is 4.96. The van der Waals surface area contributed by atoms with Crippen molar-refractivity contribution in [2.75, 3.05) is 19.7 Å². The van der Waals surface area contributed by atoms with Crippen LogP contribution < -0.4 is 0 Å². The van der Waals surface area contributed by atoms with Crippen molar-refractivity contribution in [3.63, 3.8) is 0 Å². The number of thiazole rings is 1. The van der Waals surface area contributed by atoms with Gasteiger partial charge in [0, 0.05) is 24.2 Å². The molecule has 0 saturated carbocycles. The zero-order valence-corrected chi connectivity index (χ0v) is 12.8. The molecule has 1 N–H and O–H groups in total. The summed E-state index contributed by atoms with van der Waals surface area (Å²) in [4.78, 5) is 9.29. The van der Waals surface area contributed by atoms with E-state index in [1.54, 1.807) is 11.3 Å². The summed E-state index contributed by atoms with van der Waals surface area (Å²) in [5, 5.41) is 9.19. The first kappa shape index (κ1) is 14.5. The standard InChI is InChI=1S/C14H23N3OS/c1-4-5-6-16(7-8-18)10-13-12(3)15-14-17(13)9-11(2)19-14/h9,18H,4-8,10H2,1-3H3. The summed E-state index contributed by atoms with van der Waals surface area (Å²) in [5.74, 6) is 0. The van der Waals surface area contributed by atoms with Gasteiger partial charge in [-0.05, 0) is 26.8 Å². The van der Waals surface area contributed by atoms with Crippen LogP contribution >= 0.6 is 11.3 Å². The smallest absolute Gasteiger partial charge is 0.194 e. The van der Waals surface area contributed by atoms with E-state index in [-0.39, 0.29) is 6.61 Å². The molecule has 19 heavy (non-hydrogen) atoms. The van der Waals surface area contributed by atoms with Gasteiger partial charge in [-0.15, -0.1) is 11.3 Å². The Bertz CT molecular complexity index is 532. The van der Waals surface area contributed by atoms with Gasteiger partial charge < -0.3 is 5.11 Å². The maximum absolute atomic E-state index is 9.19. The van der Waals surface area contributed by atoms with E-state index in [1.807, 2.05) is 0 Å². The molecule has 0 aliphatic rings. The first-order valence-electron chi connectivity index (χ1n) is 6.93. The number of aryl methyl sites for hydroxylation is 2. The Morgan fingerprint density at radius 1 is 1.37 bits per heavy atom. The summed E-state index contributed by atoms with van der Waals surface area (Å²) < 4.78 is 2.20. The van der Waals surface area contributed by atoms with Crippen molar-refractivity contribution < 1.29 is 5.11 Å². The molecule has 4 nitrogen and oxygen atoms in total. The van der Waals surface area contributed by atoms with E-state index in [4.69, 9.17) is 0 Å². The first-order valence-corrected chi connectivity index (χ1v) is 7.74. The number of rotatable bonds is 7. The third kappa shape index (κ3) is 3.35. The van der Waals surface area contributed by atoms with E-state index < -0.39 is 0 Å². The zero-order valence-electron chi connectivity index (χ0n) is 12.0. The Morgan fingerprint density at radius 3 is 2.84 bits per heavy atom. The lowest BCUT2D eigenvalue weighted by molar-refractivity contribution is 0.186. The lowest BCUT2D eigenvalue weighted by Crippen LogP contribution is -2.28. The van der Waals surface area contributed by atoms with Crippen LogP contribution in [0.15, 0.2) is 6.20 Å². The van der Waals surface area contributed by atoms with Crippen molar-refractivity contribution in [2.45, 2.75) is 40.2 Å². The topological polar surface area (TPSA) is 40.8 Å². The van der Waals surface area contributed by atoms with Crippen LogP contribution in [0.4, 0.5) is 0 Å². The quantitative estimate of drug-likeness (QED) is 0.848. The Morgan fingerprint density at radius 2 is 2.16 bits per heavy atom. The van der Waals surface area contributed by atoms with Crippen LogP contribution in [0.5, 0.6) is 0 Å². The SMILES string of the molecule is CCCCN(CCO)Cc1c(C)nc2sc(C)cn12. The van der Waals surface area contributed by atoms with Crippen LogP contribution in [-0.4, -0.2) is 39.1 Å². The fourth-order valence-corrected chi connectivity index (χ4v) is 3.19. The minimum atomic E-state index is 0.216. The van der Waals surface area contributed by atoms with Gasteiger partial charge in [0.2, 0.25) is 0 Å². The molecule has 0 amide bonds. The van der Waals surface area contributed by atoms with Gasteiger partial charge >= 0.3 is 0 Å². The number of imidazole rings is 1. The number of aliphatic hydroxyl groups excluding tert-OH is 1. The van der Waals surface area contributed by atoms with Gasteiger partial charge in [-0.3, -0.25) is 9.30 Å². The number of aliphatic hydroxyl groups is 1. The largest absolute Gasteiger partial charge is 0.395 e. The van der Waals surface area contributed by atoms with Gasteiger partial charge in [0.15, 0.2) is 4.96 Å². The van der Waals surface area contributed by atoms with Crippen LogP contribution in [0, 0.1) is 13.8 Å². The molecule has 106 valence electrons. The lowest BCUT2D eigenvalue weighted by Gasteiger charge is -2.20. The molecular weight excluding hydrogens is 258 g/mol. The molecule has 0 atom stereocenters. The second-order valence-corrected chi connectivity index (χ2v) is 6.20. The lowest BCUT2D eigenvalue weighted by atomic mass is 10.2. The van der Waals surface area contributed by atoms with Crippen LogP contribution in [-0.2, 0) is 6.54 Å². The second kappa shape index (κ2) is 6.50. The number of fused-ring (bicyclic) bond motifs is 1. The summed E-state index contributed by atoms with van der Waals surface area (Å²) >= 11 is 1.73. The predicted octanol–water partition coefficient (Wildman–Crippen LogP) is 2.61.